The minimum atomic E-state index is 0.115. The first kappa shape index (κ1) is 10.1. The van der Waals surface area contributed by atoms with E-state index in [1.54, 1.807) is 6.33 Å². The van der Waals surface area contributed by atoms with Crippen molar-refractivity contribution in [3.63, 3.8) is 0 Å². The van der Waals surface area contributed by atoms with Gasteiger partial charge in [-0.15, -0.1) is 0 Å². The Morgan fingerprint density at radius 1 is 1.73 bits per heavy atom. The van der Waals surface area contributed by atoms with Crippen molar-refractivity contribution in [2.24, 2.45) is 0 Å². The summed E-state index contributed by atoms with van der Waals surface area (Å²) < 4.78 is 1.84. The van der Waals surface area contributed by atoms with Gasteiger partial charge in [-0.25, -0.2) is 9.67 Å². The van der Waals surface area contributed by atoms with Gasteiger partial charge in [-0.1, -0.05) is 0 Å². The van der Waals surface area contributed by atoms with Crippen molar-refractivity contribution in [3.8, 4) is 0 Å². The fourth-order valence-corrected chi connectivity index (χ4v) is 1.67. The third-order valence-electron chi connectivity index (χ3n) is 2.52. The summed E-state index contributed by atoms with van der Waals surface area (Å²) in [7, 11) is 0. The number of carbonyl (C=O) groups excluding carboxylic acids is 1. The van der Waals surface area contributed by atoms with E-state index in [2.05, 4.69) is 20.7 Å². The van der Waals surface area contributed by atoms with E-state index >= 15 is 0 Å². The third-order valence-corrected chi connectivity index (χ3v) is 2.52. The second-order valence-electron chi connectivity index (χ2n) is 3.58. The van der Waals surface area contributed by atoms with Crippen molar-refractivity contribution >= 4 is 5.91 Å². The summed E-state index contributed by atoms with van der Waals surface area (Å²) >= 11 is 0. The summed E-state index contributed by atoms with van der Waals surface area (Å²) in [5.41, 5.74) is 0. The van der Waals surface area contributed by atoms with Crippen molar-refractivity contribution in [2.45, 2.75) is 32.5 Å². The Kier molecular flexibility index (Phi) is 2.96. The monoisotopic (exact) mass is 209 g/mol. The Bertz CT molecular complexity index is 348. The number of aryl methyl sites for hydroxylation is 1. The molecule has 82 valence electrons. The minimum absolute atomic E-state index is 0.115. The number of carbonyl (C=O) groups is 1. The van der Waals surface area contributed by atoms with Gasteiger partial charge >= 0.3 is 0 Å². The van der Waals surface area contributed by atoms with Crippen molar-refractivity contribution < 1.29 is 4.79 Å². The highest BCUT2D eigenvalue weighted by Crippen LogP contribution is 2.01. The van der Waals surface area contributed by atoms with E-state index in [9.17, 15) is 4.79 Å². The highest BCUT2D eigenvalue weighted by molar-refractivity contribution is 5.78. The molecule has 1 aromatic heterocycles. The number of hydrogen-bond acceptors (Lipinski definition) is 4. The lowest BCUT2D eigenvalue weighted by Crippen LogP contribution is -2.31. The van der Waals surface area contributed by atoms with E-state index in [-0.39, 0.29) is 11.9 Å². The molecule has 0 saturated carbocycles. The maximum Gasteiger partial charge on any atom is 0.221 e. The van der Waals surface area contributed by atoms with Gasteiger partial charge in [0.2, 0.25) is 5.91 Å². The number of hydrogen-bond donors (Lipinski definition) is 2. The molecule has 1 aliphatic rings. The van der Waals surface area contributed by atoms with Crippen molar-refractivity contribution in [2.75, 3.05) is 6.54 Å². The van der Waals surface area contributed by atoms with Gasteiger partial charge in [0.25, 0.3) is 0 Å². The maximum absolute atomic E-state index is 11.0. The zero-order chi connectivity index (χ0) is 10.7. The Morgan fingerprint density at radius 3 is 3.27 bits per heavy atom. The van der Waals surface area contributed by atoms with Crippen molar-refractivity contribution in [1.82, 2.24) is 25.4 Å². The van der Waals surface area contributed by atoms with Gasteiger partial charge in [-0.2, -0.15) is 5.10 Å². The largest absolute Gasteiger partial charge is 0.354 e. The lowest BCUT2D eigenvalue weighted by molar-refractivity contribution is -0.119. The van der Waals surface area contributed by atoms with E-state index in [4.69, 9.17) is 0 Å². The van der Waals surface area contributed by atoms with Gasteiger partial charge in [-0.05, 0) is 6.92 Å². The molecule has 0 aromatic carbocycles. The molecule has 1 amide bonds. The molecule has 1 aliphatic heterocycles. The Hall–Kier alpha value is -1.43. The first-order valence-electron chi connectivity index (χ1n) is 5.16. The first-order valence-corrected chi connectivity index (χ1v) is 5.16. The van der Waals surface area contributed by atoms with Gasteiger partial charge in [-0.3, -0.25) is 4.79 Å². The molecule has 2 N–H and O–H groups in total. The zero-order valence-corrected chi connectivity index (χ0v) is 8.73. The van der Waals surface area contributed by atoms with Gasteiger partial charge in [0.1, 0.15) is 12.2 Å². The van der Waals surface area contributed by atoms with Gasteiger partial charge in [0.15, 0.2) is 0 Å². The molecule has 0 aliphatic carbocycles. The average Bonchev–Trinajstić information content (AvgIpc) is 2.83. The van der Waals surface area contributed by atoms with Crippen LogP contribution in [0.3, 0.4) is 0 Å². The van der Waals surface area contributed by atoms with E-state index in [0.717, 1.165) is 12.4 Å². The smallest absolute Gasteiger partial charge is 0.221 e. The standard InChI is InChI=1S/C9H15N5O/c1-2-14-8(12-6-13-14)5-10-7-3-9(15)11-4-7/h6-7,10H,2-5H2,1H3,(H,11,15). The van der Waals surface area contributed by atoms with Gasteiger partial charge in [0, 0.05) is 25.6 Å². The molecule has 1 fully saturated rings. The van der Waals surface area contributed by atoms with Crippen LogP contribution in [0.4, 0.5) is 0 Å². The summed E-state index contributed by atoms with van der Waals surface area (Å²) in [4.78, 5) is 15.1. The van der Waals surface area contributed by atoms with Crippen LogP contribution in [0, 0.1) is 0 Å². The van der Waals surface area contributed by atoms with Crippen molar-refractivity contribution in [3.05, 3.63) is 12.2 Å². The summed E-state index contributed by atoms with van der Waals surface area (Å²) in [6.45, 7) is 4.21. The molecule has 0 radical (unpaired) electrons. The highest BCUT2D eigenvalue weighted by atomic mass is 16.1. The molecule has 1 unspecified atom stereocenters. The van der Waals surface area contributed by atoms with Gasteiger partial charge < -0.3 is 10.6 Å². The van der Waals surface area contributed by atoms with Crippen LogP contribution in [0.2, 0.25) is 0 Å². The summed E-state index contributed by atoms with van der Waals surface area (Å²) in [5, 5.41) is 10.1. The molecule has 0 bridgehead atoms. The molecule has 1 saturated heterocycles. The number of aromatic nitrogens is 3. The third kappa shape index (κ3) is 2.33. The fraction of sp³-hybridized carbons (Fsp3) is 0.667. The average molecular weight is 209 g/mol. The quantitative estimate of drug-likeness (QED) is 0.686. The van der Waals surface area contributed by atoms with Crippen LogP contribution in [-0.2, 0) is 17.9 Å². The predicted octanol–water partition coefficient (Wildman–Crippen LogP) is -0.724. The van der Waals surface area contributed by atoms with E-state index in [1.807, 2.05) is 11.6 Å². The number of nitrogens with one attached hydrogen (secondary N) is 2. The zero-order valence-electron chi connectivity index (χ0n) is 8.73. The lowest BCUT2D eigenvalue weighted by Gasteiger charge is -2.09. The Labute approximate surface area is 88.1 Å². The molecule has 1 atom stereocenters. The van der Waals surface area contributed by atoms with Crippen LogP contribution in [0.15, 0.2) is 6.33 Å². The summed E-state index contributed by atoms with van der Waals surface area (Å²) in [6, 6.07) is 0.222. The van der Waals surface area contributed by atoms with E-state index in [0.29, 0.717) is 19.5 Å². The summed E-state index contributed by atoms with van der Waals surface area (Å²) in [6.07, 6.45) is 2.11. The molecule has 1 aromatic rings. The Morgan fingerprint density at radius 2 is 2.60 bits per heavy atom. The topological polar surface area (TPSA) is 71.8 Å². The molecular formula is C9H15N5O. The molecular weight excluding hydrogens is 194 g/mol. The normalized spacial score (nSPS) is 20.6. The van der Waals surface area contributed by atoms with E-state index < -0.39 is 0 Å². The number of amides is 1. The number of rotatable bonds is 4. The first-order chi connectivity index (χ1) is 7.29. The predicted molar refractivity (Wildman–Crippen MR) is 54.0 cm³/mol. The second-order valence-corrected chi connectivity index (χ2v) is 3.58. The molecule has 6 nitrogen and oxygen atoms in total. The molecule has 6 heteroatoms. The summed E-state index contributed by atoms with van der Waals surface area (Å²) in [5.74, 6) is 1.03. The van der Waals surface area contributed by atoms with Crippen LogP contribution in [0.5, 0.6) is 0 Å². The van der Waals surface area contributed by atoms with Crippen molar-refractivity contribution in [1.29, 1.82) is 0 Å². The second kappa shape index (κ2) is 4.39. The van der Waals surface area contributed by atoms with Crippen LogP contribution in [0.25, 0.3) is 0 Å². The maximum atomic E-state index is 11.0. The SMILES string of the molecule is CCn1ncnc1CNC1CNC(=O)C1. The van der Waals surface area contributed by atoms with Crippen LogP contribution >= 0.6 is 0 Å². The van der Waals surface area contributed by atoms with Crippen LogP contribution in [0.1, 0.15) is 19.2 Å². The minimum Gasteiger partial charge on any atom is -0.354 e. The van der Waals surface area contributed by atoms with Gasteiger partial charge in [0.05, 0.1) is 6.54 Å². The molecule has 0 spiro atoms. The Balaban J connectivity index is 1.85. The number of nitrogens with zero attached hydrogens (tertiary/aromatic N) is 3. The molecule has 2 heterocycles. The fourth-order valence-electron chi connectivity index (χ4n) is 1.67. The van der Waals surface area contributed by atoms with Crippen LogP contribution < -0.4 is 10.6 Å². The lowest BCUT2D eigenvalue weighted by atomic mass is 10.2. The highest BCUT2D eigenvalue weighted by Gasteiger charge is 2.20. The van der Waals surface area contributed by atoms with E-state index in [1.165, 1.54) is 0 Å². The van der Waals surface area contributed by atoms with Crippen LogP contribution in [-0.4, -0.2) is 33.3 Å². The molecule has 2 rings (SSSR count). The molecule has 15 heavy (non-hydrogen) atoms.